The Bertz CT molecular complexity index is 657. The topological polar surface area (TPSA) is 75.2 Å². The van der Waals surface area contributed by atoms with Gasteiger partial charge >= 0.3 is 0 Å². The molecular weight excluding hydrogens is 288 g/mol. The number of hydrogen-bond donors (Lipinski definition) is 1. The van der Waals surface area contributed by atoms with Gasteiger partial charge in [0.1, 0.15) is 5.51 Å². The van der Waals surface area contributed by atoms with E-state index in [4.69, 9.17) is 0 Å². The first kappa shape index (κ1) is 13.7. The first-order valence-electron chi connectivity index (χ1n) is 6.66. The Labute approximate surface area is 125 Å². The monoisotopic (exact) mass is 302 g/mol. The second-order valence-corrected chi connectivity index (χ2v) is 5.65. The van der Waals surface area contributed by atoms with E-state index in [0.29, 0.717) is 23.7 Å². The van der Waals surface area contributed by atoms with Crippen LogP contribution in [0.1, 0.15) is 28.8 Å². The van der Waals surface area contributed by atoms with Crippen molar-refractivity contribution in [2.24, 2.45) is 0 Å². The van der Waals surface area contributed by atoms with E-state index in [9.17, 15) is 9.59 Å². The lowest BCUT2D eigenvalue weighted by molar-refractivity contribution is -0.128. The zero-order valence-corrected chi connectivity index (χ0v) is 12.1. The maximum Gasteiger partial charge on any atom is 0.257 e. The van der Waals surface area contributed by atoms with Gasteiger partial charge in [0.2, 0.25) is 11.0 Å². The largest absolute Gasteiger partial charge is 0.338 e. The van der Waals surface area contributed by atoms with Gasteiger partial charge in [-0.25, -0.2) is 0 Å². The minimum atomic E-state index is -0.221. The van der Waals surface area contributed by atoms with Crippen LogP contribution in [-0.2, 0) is 11.3 Å². The van der Waals surface area contributed by atoms with Crippen LogP contribution in [0.4, 0.5) is 5.13 Å². The van der Waals surface area contributed by atoms with Crippen LogP contribution < -0.4 is 5.32 Å². The zero-order chi connectivity index (χ0) is 14.7. The summed E-state index contributed by atoms with van der Waals surface area (Å²) in [7, 11) is 0. The summed E-state index contributed by atoms with van der Waals surface area (Å²) in [4.78, 5) is 25.6. The van der Waals surface area contributed by atoms with Crippen molar-refractivity contribution in [1.82, 2.24) is 15.1 Å². The summed E-state index contributed by atoms with van der Waals surface area (Å²) in [6.07, 6.45) is 1.54. The van der Waals surface area contributed by atoms with E-state index in [1.165, 1.54) is 11.3 Å². The minimum absolute atomic E-state index is 0.179. The van der Waals surface area contributed by atoms with Crippen LogP contribution in [0.25, 0.3) is 0 Å². The van der Waals surface area contributed by atoms with Crippen LogP contribution in [0.2, 0.25) is 0 Å². The highest BCUT2D eigenvalue weighted by Gasteiger charge is 2.20. The molecule has 7 heteroatoms. The smallest absolute Gasteiger partial charge is 0.257 e. The molecule has 0 saturated carbocycles. The summed E-state index contributed by atoms with van der Waals surface area (Å²) >= 11 is 1.27. The first-order valence-corrected chi connectivity index (χ1v) is 7.54. The minimum Gasteiger partial charge on any atom is -0.338 e. The van der Waals surface area contributed by atoms with Gasteiger partial charge in [-0.1, -0.05) is 23.5 Å². The van der Waals surface area contributed by atoms with Crippen molar-refractivity contribution in [3.8, 4) is 0 Å². The SMILES string of the molecule is O=C(Nc1nncs1)c1cccc(CN2CCCC2=O)c1. The van der Waals surface area contributed by atoms with Gasteiger partial charge in [-0.15, -0.1) is 10.2 Å². The summed E-state index contributed by atoms with van der Waals surface area (Å²) in [5, 5.41) is 10.6. The molecule has 3 rings (SSSR count). The van der Waals surface area contributed by atoms with Crippen LogP contribution in [-0.4, -0.2) is 33.5 Å². The number of carbonyl (C=O) groups is 2. The van der Waals surface area contributed by atoms with E-state index in [1.54, 1.807) is 11.6 Å². The molecular formula is C14H14N4O2S. The fourth-order valence-corrected chi connectivity index (χ4v) is 2.74. The number of aromatic nitrogens is 2. The Balaban J connectivity index is 1.70. The second kappa shape index (κ2) is 6.01. The molecule has 108 valence electrons. The molecule has 6 nitrogen and oxygen atoms in total. The van der Waals surface area contributed by atoms with E-state index in [2.05, 4.69) is 15.5 Å². The van der Waals surface area contributed by atoms with Gasteiger partial charge < -0.3 is 4.90 Å². The molecule has 1 aromatic carbocycles. The number of carbonyl (C=O) groups excluding carboxylic acids is 2. The third-order valence-corrected chi connectivity index (χ3v) is 3.92. The number of nitrogens with zero attached hydrogens (tertiary/aromatic N) is 3. The molecule has 0 atom stereocenters. The number of rotatable bonds is 4. The van der Waals surface area contributed by atoms with Crippen molar-refractivity contribution in [2.75, 3.05) is 11.9 Å². The van der Waals surface area contributed by atoms with Gasteiger partial charge in [0.05, 0.1) is 0 Å². The first-order chi connectivity index (χ1) is 10.2. The Kier molecular flexibility index (Phi) is 3.92. The average Bonchev–Trinajstić information content (AvgIpc) is 3.12. The highest BCUT2D eigenvalue weighted by atomic mass is 32.1. The van der Waals surface area contributed by atoms with Crippen LogP contribution in [0.15, 0.2) is 29.8 Å². The maximum absolute atomic E-state index is 12.1. The van der Waals surface area contributed by atoms with Gasteiger partial charge in [-0.05, 0) is 24.1 Å². The Hall–Kier alpha value is -2.28. The maximum atomic E-state index is 12.1. The molecule has 1 aromatic heterocycles. The highest BCUT2D eigenvalue weighted by molar-refractivity contribution is 7.13. The molecule has 1 aliphatic rings. The van der Waals surface area contributed by atoms with Crippen LogP contribution in [0, 0.1) is 0 Å². The van der Waals surface area contributed by atoms with Crippen molar-refractivity contribution in [3.63, 3.8) is 0 Å². The number of hydrogen-bond acceptors (Lipinski definition) is 5. The number of anilines is 1. The normalized spacial score (nSPS) is 14.5. The lowest BCUT2D eigenvalue weighted by atomic mass is 10.1. The van der Waals surface area contributed by atoms with Gasteiger partial charge in [-0.2, -0.15) is 0 Å². The molecule has 0 aliphatic carbocycles. The summed E-state index contributed by atoms with van der Waals surface area (Å²) in [6, 6.07) is 7.30. The molecule has 21 heavy (non-hydrogen) atoms. The van der Waals surface area contributed by atoms with E-state index >= 15 is 0 Å². The van der Waals surface area contributed by atoms with Gasteiger partial charge in [0.15, 0.2) is 0 Å². The Morgan fingerprint density at radius 1 is 1.43 bits per heavy atom. The molecule has 1 N–H and O–H groups in total. The van der Waals surface area contributed by atoms with Crippen molar-refractivity contribution in [2.45, 2.75) is 19.4 Å². The summed E-state index contributed by atoms with van der Waals surface area (Å²) < 4.78 is 0. The van der Waals surface area contributed by atoms with Gasteiger partial charge in [0, 0.05) is 25.1 Å². The fraction of sp³-hybridized carbons (Fsp3) is 0.286. The molecule has 1 aliphatic heterocycles. The number of benzene rings is 1. The van der Waals surface area contributed by atoms with Crippen molar-refractivity contribution in [3.05, 3.63) is 40.9 Å². The van der Waals surface area contributed by atoms with Crippen LogP contribution in [0.3, 0.4) is 0 Å². The molecule has 0 radical (unpaired) electrons. The molecule has 0 bridgehead atoms. The predicted molar refractivity (Wildman–Crippen MR) is 79.0 cm³/mol. The lowest BCUT2D eigenvalue weighted by Gasteiger charge is -2.15. The van der Waals surface area contributed by atoms with E-state index < -0.39 is 0 Å². The Morgan fingerprint density at radius 3 is 3.05 bits per heavy atom. The molecule has 0 spiro atoms. The van der Waals surface area contributed by atoms with Crippen molar-refractivity contribution in [1.29, 1.82) is 0 Å². The molecule has 0 unspecified atom stereocenters. The Morgan fingerprint density at radius 2 is 2.33 bits per heavy atom. The quantitative estimate of drug-likeness (QED) is 0.936. The summed E-state index contributed by atoms with van der Waals surface area (Å²) in [5.41, 5.74) is 3.06. The zero-order valence-electron chi connectivity index (χ0n) is 11.3. The van der Waals surface area contributed by atoms with Crippen LogP contribution >= 0.6 is 11.3 Å². The van der Waals surface area contributed by atoms with Crippen molar-refractivity contribution < 1.29 is 9.59 Å². The number of nitrogens with one attached hydrogen (secondary N) is 1. The van der Waals surface area contributed by atoms with Crippen LogP contribution in [0.5, 0.6) is 0 Å². The lowest BCUT2D eigenvalue weighted by Crippen LogP contribution is -2.24. The third-order valence-electron chi connectivity index (χ3n) is 3.31. The molecule has 2 aromatic rings. The fourth-order valence-electron chi connectivity index (χ4n) is 2.30. The summed E-state index contributed by atoms with van der Waals surface area (Å²) in [6.45, 7) is 1.35. The van der Waals surface area contributed by atoms with E-state index in [0.717, 1.165) is 18.5 Å². The average molecular weight is 302 g/mol. The molecule has 1 fully saturated rings. The predicted octanol–water partition coefficient (Wildman–Crippen LogP) is 1.91. The van der Waals surface area contributed by atoms with E-state index in [-0.39, 0.29) is 11.8 Å². The van der Waals surface area contributed by atoms with Crippen molar-refractivity contribution >= 4 is 28.3 Å². The molecule has 1 saturated heterocycles. The molecule has 2 heterocycles. The van der Waals surface area contributed by atoms with Gasteiger partial charge in [-0.3, -0.25) is 14.9 Å². The summed E-state index contributed by atoms with van der Waals surface area (Å²) in [5.74, 6) is -0.0416. The van der Waals surface area contributed by atoms with E-state index in [1.807, 2.05) is 23.1 Å². The number of likely N-dealkylation sites (tertiary alicyclic amines) is 1. The third kappa shape index (κ3) is 3.25. The van der Waals surface area contributed by atoms with Gasteiger partial charge in [0.25, 0.3) is 5.91 Å². The second-order valence-electron chi connectivity index (χ2n) is 4.82. The highest BCUT2D eigenvalue weighted by Crippen LogP contribution is 2.16. The standard InChI is InChI=1S/C14H14N4O2S/c19-12-5-2-6-18(12)8-10-3-1-4-11(7-10)13(20)16-14-17-15-9-21-14/h1,3-4,7,9H,2,5-6,8H2,(H,16,17,20). The number of amides is 2. The molecule has 2 amide bonds.